The molecule has 0 aliphatic carbocycles. The van der Waals surface area contributed by atoms with Crippen LogP contribution in [0.2, 0.25) is 0 Å². The Balaban J connectivity index is 2.03. The molecule has 0 radical (unpaired) electrons. The summed E-state index contributed by atoms with van der Waals surface area (Å²) < 4.78 is 16.1. The summed E-state index contributed by atoms with van der Waals surface area (Å²) in [4.78, 5) is 14.3. The van der Waals surface area contributed by atoms with Crippen molar-refractivity contribution in [2.24, 2.45) is 0 Å². The normalized spacial score (nSPS) is 10.3. The molecule has 5 heteroatoms. The van der Waals surface area contributed by atoms with E-state index in [1.807, 2.05) is 31.3 Å². The second-order valence-electron chi connectivity index (χ2n) is 6.21. The summed E-state index contributed by atoms with van der Waals surface area (Å²) in [6.07, 6.45) is 1.02. The lowest BCUT2D eigenvalue weighted by molar-refractivity contribution is -0.130. The number of nitrogens with zero attached hydrogens (tertiary/aromatic N) is 1. The molecule has 0 spiro atoms. The number of benzene rings is 2. The van der Waals surface area contributed by atoms with Gasteiger partial charge in [-0.05, 0) is 42.2 Å². The van der Waals surface area contributed by atoms with E-state index in [-0.39, 0.29) is 5.91 Å². The Kier molecular flexibility index (Phi) is 6.89. The molecule has 0 N–H and O–H groups in total. The van der Waals surface area contributed by atoms with Crippen LogP contribution >= 0.6 is 0 Å². The third-order valence-electron chi connectivity index (χ3n) is 4.45. The molecule has 0 aliphatic heterocycles. The molecule has 0 unspecified atom stereocenters. The molecular formula is C21H27NO4. The lowest BCUT2D eigenvalue weighted by atomic mass is 10.1. The Hall–Kier alpha value is -2.69. The van der Waals surface area contributed by atoms with Crippen LogP contribution in [0.3, 0.4) is 0 Å². The van der Waals surface area contributed by atoms with Crippen molar-refractivity contribution in [3.05, 3.63) is 53.1 Å². The van der Waals surface area contributed by atoms with Gasteiger partial charge in [0.15, 0.2) is 11.5 Å². The molecule has 2 aromatic rings. The maximum atomic E-state index is 12.5. The van der Waals surface area contributed by atoms with Gasteiger partial charge in [0.05, 0.1) is 21.3 Å². The Bertz CT molecular complexity index is 732. The van der Waals surface area contributed by atoms with Gasteiger partial charge >= 0.3 is 0 Å². The van der Waals surface area contributed by atoms with Crippen molar-refractivity contribution < 1.29 is 19.0 Å². The Morgan fingerprint density at radius 1 is 1.00 bits per heavy atom. The fourth-order valence-corrected chi connectivity index (χ4v) is 2.85. The molecule has 0 atom stereocenters. The van der Waals surface area contributed by atoms with Crippen LogP contribution in [0, 0.1) is 6.92 Å². The quantitative estimate of drug-likeness (QED) is 0.724. The molecule has 1 amide bonds. The minimum atomic E-state index is 0.0991. The van der Waals surface area contributed by atoms with Crippen LogP contribution in [0.1, 0.15) is 23.1 Å². The molecule has 5 nitrogen and oxygen atoms in total. The third-order valence-corrected chi connectivity index (χ3v) is 4.45. The largest absolute Gasteiger partial charge is 0.493 e. The second-order valence-corrected chi connectivity index (χ2v) is 6.21. The molecular weight excluding hydrogens is 330 g/mol. The van der Waals surface area contributed by atoms with Crippen LogP contribution in [-0.4, -0.2) is 39.2 Å². The zero-order valence-corrected chi connectivity index (χ0v) is 16.2. The standard InChI is InChI=1S/C21H27NO4/c1-15-8-6-7-9-17(15)14-22(2)20(23)11-10-16-12-18(24-3)21(26-5)19(13-16)25-4/h6-9,12-13H,10-11,14H2,1-5H3. The number of amides is 1. The molecule has 140 valence electrons. The molecule has 2 aromatic carbocycles. The van der Waals surface area contributed by atoms with Gasteiger partial charge in [0.2, 0.25) is 11.7 Å². The van der Waals surface area contributed by atoms with Gasteiger partial charge in [-0.1, -0.05) is 24.3 Å². The molecule has 0 aromatic heterocycles. The van der Waals surface area contributed by atoms with Crippen molar-refractivity contribution >= 4 is 5.91 Å². The van der Waals surface area contributed by atoms with E-state index in [2.05, 4.69) is 19.1 Å². The van der Waals surface area contributed by atoms with Crippen molar-refractivity contribution in [2.45, 2.75) is 26.3 Å². The molecule has 0 aliphatic rings. The molecule has 0 heterocycles. The minimum absolute atomic E-state index is 0.0991. The third kappa shape index (κ3) is 4.69. The first kappa shape index (κ1) is 19.6. The average molecular weight is 357 g/mol. The molecule has 26 heavy (non-hydrogen) atoms. The predicted octanol–water partition coefficient (Wildman–Crippen LogP) is 3.61. The summed E-state index contributed by atoms with van der Waals surface area (Å²) in [5, 5.41) is 0. The Morgan fingerprint density at radius 3 is 2.15 bits per heavy atom. The number of methoxy groups -OCH3 is 3. The van der Waals surface area contributed by atoms with E-state index in [0.29, 0.717) is 36.6 Å². The first-order valence-corrected chi connectivity index (χ1v) is 8.57. The maximum Gasteiger partial charge on any atom is 0.222 e. The lowest BCUT2D eigenvalue weighted by Crippen LogP contribution is -2.26. The highest BCUT2D eigenvalue weighted by atomic mass is 16.5. The van der Waals surface area contributed by atoms with Gasteiger partial charge in [0, 0.05) is 20.0 Å². The van der Waals surface area contributed by atoms with Crippen LogP contribution in [-0.2, 0) is 17.8 Å². The van der Waals surface area contributed by atoms with Crippen molar-refractivity contribution in [3.8, 4) is 17.2 Å². The van der Waals surface area contributed by atoms with E-state index >= 15 is 0 Å². The van der Waals surface area contributed by atoms with Crippen molar-refractivity contribution in [2.75, 3.05) is 28.4 Å². The van der Waals surface area contributed by atoms with E-state index in [1.54, 1.807) is 26.2 Å². The van der Waals surface area contributed by atoms with Crippen molar-refractivity contribution in [1.82, 2.24) is 4.90 Å². The SMILES string of the molecule is COc1cc(CCC(=O)N(C)Cc2ccccc2C)cc(OC)c1OC. The molecule has 2 rings (SSSR count). The van der Waals surface area contributed by atoms with E-state index in [0.717, 1.165) is 11.1 Å². The zero-order chi connectivity index (χ0) is 19.1. The molecule has 0 fully saturated rings. The van der Waals surface area contributed by atoms with Crippen LogP contribution in [0.5, 0.6) is 17.2 Å². The van der Waals surface area contributed by atoms with Gasteiger partial charge in [-0.15, -0.1) is 0 Å². The second kappa shape index (κ2) is 9.13. The number of hydrogen-bond acceptors (Lipinski definition) is 4. The van der Waals surface area contributed by atoms with Crippen LogP contribution < -0.4 is 14.2 Å². The highest BCUT2D eigenvalue weighted by Crippen LogP contribution is 2.38. The first-order chi connectivity index (χ1) is 12.5. The highest BCUT2D eigenvalue weighted by Gasteiger charge is 2.15. The number of ether oxygens (including phenoxy) is 3. The Morgan fingerprint density at radius 2 is 1.62 bits per heavy atom. The van der Waals surface area contributed by atoms with Gasteiger partial charge in [-0.3, -0.25) is 4.79 Å². The van der Waals surface area contributed by atoms with Gasteiger partial charge in [0.1, 0.15) is 0 Å². The summed E-state index contributed by atoms with van der Waals surface area (Å²) in [5.74, 6) is 1.86. The fraction of sp³-hybridized carbons (Fsp3) is 0.381. The van der Waals surface area contributed by atoms with E-state index in [9.17, 15) is 4.79 Å². The van der Waals surface area contributed by atoms with Gasteiger partial charge in [-0.25, -0.2) is 0 Å². The van der Waals surface area contributed by atoms with E-state index < -0.39 is 0 Å². The fourth-order valence-electron chi connectivity index (χ4n) is 2.85. The van der Waals surface area contributed by atoms with Gasteiger partial charge < -0.3 is 19.1 Å². The monoisotopic (exact) mass is 357 g/mol. The smallest absolute Gasteiger partial charge is 0.222 e. The number of carbonyl (C=O) groups excluding carboxylic acids is 1. The number of carbonyl (C=O) groups is 1. The van der Waals surface area contributed by atoms with Crippen molar-refractivity contribution in [3.63, 3.8) is 0 Å². The average Bonchev–Trinajstić information content (AvgIpc) is 2.66. The van der Waals surface area contributed by atoms with E-state index in [1.165, 1.54) is 5.56 Å². The lowest BCUT2D eigenvalue weighted by Gasteiger charge is -2.19. The maximum absolute atomic E-state index is 12.5. The summed E-state index contributed by atoms with van der Waals surface area (Å²) in [7, 11) is 6.58. The number of hydrogen-bond donors (Lipinski definition) is 0. The highest BCUT2D eigenvalue weighted by molar-refractivity contribution is 5.76. The van der Waals surface area contributed by atoms with Crippen LogP contribution in [0.4, 0.5) is 0 Å². The van der Waals surface area contributed by atoms with Crippen LogP contribution in [0.25, 0.3) is 0 Å². The molecule has 0 saturated carbocycles. The zero-order valence-electron chi connectivity index (χ0n) is 16.2. The summed E-state index contributed by atoms with van der Waals surface area (Å²) in [6.45, 7) is 2.67. The van der Waals surface area contributed by atoms with Gasteiger partial charge in [0.25, 0.3) is 0 Å². The molecule has 0 bridgehead atoms. The summed E-state index contributed by atoms with van der Waals surface area (Å²) in [5.41, 5.74) is 3.32. The van der Waals surface area contributed by atoms with Gasteiger partial charge in [-0.2, -0.15) is 0 Å². The summed E-state index contributed by atoms with van der Waals surface area (Å²) >= 11 is 0. The number of rotatable bonds is 8. The summed E-state index contributed by atoms with van der Waals surface area (Å²) in [6, 6.07) is 11.9. The Labute approximate surface area is 155 Å². The topological polar surface area (TPSA) is 48.0 Å². The minimum Gasteiger partial charge on any atom is -0.493 e. The van der Waals surface area contributed by atoms with E-state index in [4.69, 9.17) is 14.2 Å². The number of aryl methyl sites for hydroxylation is 2. The molecule has 0 saturated heterocycles. The van der Waals surface area contributed by atoms with Crippen LogP contribution in [0.15, 0.2) is 36.4 Å². The first-order valence-electron chi connectivity index (χ1n) is 8.57. The predicted molar refractivity (Wildman–Crippen MR) is 102 cm³/mol. The van der Waals surface area contributed by atoms with Crippen molar-refractivity contribution in [1.29, 1.82) is 0 Å².